The molecule has 3 unspecified atom stereocenters. The zero-order valence-electron chi connectivity index (χ0n) is 25.1. The van der Waals surface area contributed by atoms with E-state index in [9.17, 15) is 9.32 Å². The Labute approximate surface area is 252 Å². The first-order valence-corrected chi connectivity index (χ1v) is 16.9. The molecule has 42 heavy (non-hydrogen) atoms. The monoisotopic (exact) mass is 585 g/mol. The molecule has 3 saturated carbocycles. The minimum absolute atomic E-state index is 0.0278. The molecule has 5 nitrogen and oxygen atoms in total. The van der Waals surface area contributed by atoms with E-state index in [4.69, 9.17) is 9.47 Å². The van der Waals surface area contributed by atoms with Crippen LogP contribution in [0.3, 0.4) is 0 Å². The maximum atomic E-state index is 13.1. The van der Waals surface area contributed by atoms with Crippen molar-refractivity contribution in [2.75, 3.05) is 32.2 Å². The summed E-state index contributed by atoms with van der Waals surface area (Å²) in [6, 6.07) is 18.7. The zero-order valence-corrected chi connectivity index (χ0v) is 25.9. The third-order valence-electron chi connectivity index (χ3n) is 11.1. The molecule has 1 saturated heterocycles. The quantitative estimate of drug-likeness (QED) is 0.314. The first-order chi connectivity index (χ1) is 20.2. The van der Waals surface area contributed by atoms with Crippen LogP contribution in [0.5, 0.6) is 0 Å². The number of rotatable bonds is 4. The maximum Gasteiger partial charge on any atom is 0.171 e. The number of hydrogen-bond acceptors (Lipinski definition) is 5. The predicted octanol–water partition coefficient (Wildman–Crippen LogP) is 6.87. The van der Waals surface area contributed by atoms with Crippen molar-refractivity contribution >= 4 is 16.5 Å². The fourth-order valence-corrected chi connectivity index (χ4v) is 9.92. The van der Waals surface area contributed by atoms with Crippen LogP contribution in [0.15, 0.2) is 87.4 Å². The van der Waals surface area contributed by atoms with E-state index in [1.807, 2.05) is 30.3 Å². The largest absolute Gasteiger partial charge is 0.385 e. The summed E-state index contributed by atoms with van der Waals surface area (Å²) in [6.07, 6.45) is 7.01. The van der Waals surface area contributed by atoms with E-state index in [0.29, 0.717) is 31.5 Å². The fraction of sp³-hybridized carbons (Fsp3) is 0.528. The molecule has 2 aromatic rings. The Morgan fingerprint density at radius 2 is 1.74 bits per heavy atom. The van der Waals surface area contributed by atoms with E-state index in [1.165, 1.54) is 28.0 Å². The highest BCUT2D eigenvalue weighted by molar-refractivity contribution is 7.88. The lowest BCUT2D eigenvalue weighted by molar-refractivity contribution is -0.208. The van der Waals surface area contributed by atoms with Gasteiger partial charge in [-0.2, -0.15) is 0 Å². The molecule has 0 amide bonds. The summed E-state index contributed by atoms with van der Waals surface area (Å²) in [7, 11) is 2.94. The number of anilines is 1. The number of aliphatic hydroxyl groups is 1. The normalized spacial score (nSPS) is 33.9. The minimum atomic E-state index is -1.21. The molecule has 7 rings (SSSR count). The van der Waals surface area contributed by atoms with Crippen molar-refractivity contribution in [3.05, 3.63) is 88.0 Å². The Hall–Kier alpha value is -2.47. The van der Waals surface area contributed by atoms with Crippen molar-refractivity contribution in [2.24, 2.45) is 17.3 Å². The highest BCUT2D eigenvalue weighted by Gasteiger charge is 2.59. The van der Waals surface area contributed by atoms with Crippen molar-refractivity contribution in [3.8, 4) is 0 Å². The van der Waals surface area contributed by atoms with Crippen molar-refractivity contribution in [3.63, 3.8) is 0 Å². The molecular formula is C36H43NO4S. The molecule has 0 bridgehead atoms. The van der Waals surface area contributed by atoms with Gasteiger partial charge in [-0.1, -0.05) is 42.8 Å². The lowest BCUT2D eigenvalue weighted by Crippen LogP contribution is -2.53. The van der Waals surface area contributed by atoms with E-state index < -0.39 is 22.2 Å². The fourth-order valence-electron chi connectivity index (χ4n) is 9.11. The Morgan fingerprint density at radius 1 is 1.00 bits per heavy atom. The average molecular weight is 586 g/mol. The van der Waals surface area contributed by atoms with Crippen LogP contribution in [0, 0.1) is 17.3 Å². The molecule has 1 aliphatic heterocycles. The third-order valence-corrected chi connectivity index (χ3v) is 12.2. The van der Waals surface area contributed by atoms with Crippen LogP contribution in [-0.2, 0) is 20.3 Å². The molecule has 1 N–H and O–H groups in total. The van der Waals surface area contributed by atoms with Crippen molar-refractivity contribution in [1.29, 1.82) is 0 Å². The summed E-state index contributed by atoms with van der Waals surface area (Å²) in [5, 5.41) is 14.1. The maximum absolute atomic E-state index is 13.1. The molecule has 222 valence electrons. The van der Waals surface area contributed by atoms with Crippen LogP contribution in [0.2, 0.25) is 0 Å². The summed E-state index contributed by atoms with van der Waals surface area (Å²) in [5.74, 6) is 0.525. The summed E-state index contributed by atoms with van der Waals surface area (Å²) in [6.45, 7) is 3.67. The van der Waals surface area contributed by atoms with Crippen LogP contribution in [0.25, 0.3) is 0 Å². The smallest absolute Gasteiger partial charge is 0.171 e. The van der Waals surface area contributed by atoms with Gasteiger partial charge in [-0.25, -0.2) is 4.21 Å². The van der Waals surface area contributed by atoms with Crippen LogP contribution < -0.4 is 4.90 Å². The second-order valence-electron chi connectivity index (χ2n) is 13.6. The van der Waals surface area contributed by atoms with Gasteiger partial charge in [-0.3, -0.25) is 0 Å². The van der Waals surface area contributed by atoms with Gasteiger partial charge in [0, 0.05) is 54.3 Å². The van der Waals surface area contributed by atoms with Crippen molar-refractivity contribution < 1.29 is 18.8 Å². The number of hydrogen-bond donors (Lipinski definition) is 1. The van der Waals surface area contributed by atoms with E-state index in [1.54, 1.807) is 5.41 Å². The van der Waals surface area contributed by atoms with E-state index >= 15 is 0 Å². The summed E-state index contributed by atoms with van der Waals surface area (Å²) in [4.78, 5) is 2.96. The van der Waals surface area contributed by atoms with Gasteiger partial charge in [-0.05, 0) is 91.3 Å². The molecule has 0 aromatic heterocycles. The number of benzene rings is 2. The minimum Gasteiger partial charge on any atom is -0.385 e. The summed E-state index contributed by atoms with van der Waals surface area (Å²) < 4.78 is 25.3. The molecule has 1 spiro atoms. The molecule has 4 aliphatic carbocycles. The topological polar surface area (TPSA) is 59.0 Å². The van der Waals surface area contributed by atoms with Crippen LogP contribution in [-0.4, -0.2) is 48.0 Å². The van der Waals surface area contributed by atoms with Gasteiger partial charge in [0.25, 0.3) is 0 Å². The highest BCUT2D eigenvalue weighted by Crippen LogP contribution is 2.66. The van der Waals surface area contributed by atoms with Crippen molar-refractivity contribution in [1.82, 2.24) is 0 Å². The second kappa shape index (κ2) is 10.6. The molecule has 4 fully saturated rings. The molecule has 1 heterocycles. The number of allylic oxidation sites excluding steroid dienone is 2. The molecule has 2 aromatic carbocycles. The molecule has 0 radical (unpaired) electrons. The SMILES string of the molecule is CN(C)c1ccc([C@H]2C[C@]3(C)C(=C=CS(=O)c4ccccc4)CCC3C3CC[C@@]4(O)CC5(CCC4=C32)OCCO5)cc1. The molecular weight excluding hydrogens is 542 g/mol. The van der Waals surface area contributed by atoms with Gasteiger partial charge >= 0.3 is 0 Å². The van der Waals surface area contributed by atoms with E-state index in [-0.39, 0.29) is 11.3 Å². The molecule has 6 atom stereocenters. The lowest BCUT2D eigenvalue weighted by Gasteiger charge is -2.55. The Kier molecular flexibility index (Phi) is 7.15. The highest BCUT2D eigenvalue weighted by atomic mass is 32.2. The first kappa shape index (κ1) is 28.3. The second-order valence-corrected chi connectivity index (χ2v) is 14.9. The summed E-state index contributed by atoms with van der Waals surface area (Å²) >= 11 is 0. The molecule has 6 heteroatoms. The molecule has 5 aliphatic rings. The van der Waals surface area contributed by atoms with Gasteiger partial charge in [0.1, 0.15) is 0 Å². The first-order valence-electron chi connectivity index (χ1n) is 15.6. The van der Waals surface area contributed by atoms with Gasteiger partial charge in [-0.15, -0.1) is 5.73 Å². The van der Waals surface area contributed by atoms with Crippen LogP contribution >= 0.6 is 0 Å². The number of fused-ring (bicyclic) bond motifs is 4. The average Bonchev–Trinajstić information content (AvgIpc) is 3.58. The lowest BCUT2D eigenvalue weighted by atomic mass is 9.51. The van der Waals surface area contributed by atoms with Gasteiger partial charge < -0.3 is 19.5 Å². The Balaban J connectivity index is 1.31. The summed E-state index contributed by atoms with van der Waals surface area (Å²) in [5.41, 5.74) is 9.29. The number of nitrogens with zero attached hydrogens (tertiary/aromatic N) is 1. The zero-order chi connectivity index (χ0) is 29.1. The van der Waals surface area contributed by atoms with E-state index in [0.717, 1.165) is 49.8 Å². The van der Waals surface area contributed by atoms with Gasteiger partial charge in [0.05, 0.1) is 29.6 Å². The van der Waals surface area contributed by atoms with Crippen LogP contribution in [0.4, 0.5) is 5.69 Å². The Morgan fingerprint density at radius 3 is 2.45 bits per heavy atom. The van der Waals surface area contributed by atoms with E-state index in [2.05, 4.69) is 55.9 Å². The predicted molar refractivity (Wildman–Crippen MR) is 167 cm³/mol. The third kappa shape index (κ3) is 4.67. The van der Waals surface area contributed by atoms with Gasteiger partial charge in [0.2, 0.25) is 0 Å². The van der Waals surface area contributed by atoms with Gasteiger partial charge in [0.15, 0.2) is 5.79 Å². The Bertz CT molecular complexity index is 1470. The standard InChI is InChI=1S/C36H43NO4S/c1-34-23-30(25-9-12-27(13-10-25)37(2)3)33-29(15-18-35(38)24-36(19-16-32(33)35)40-20-21-41-36)31(34)14-11-26(34)17-22-42(39)28-7-5-4-6-8-28/h4-10,12-13,22,29-31,38H,11,14-16,18-21,23-24H2,1-3H3/t17?,29?,30-,31?,34-,35-,42?/m1/s1. The van der Waals surface area contributed by atoms with Crippen LogP contribution in [0.1, 0.15) is 69.8 Å². The number of ether oxygens (including phenoxy) is 2. The van der Waals surface area contributed by atoms with Crippen molar-refractivity contribution in [2.45, 2.75) is 80.5 Å².